The molecule has 1 aliphatic rings. The monoisotopic (exact) mass is 554 g/mol. The molecule has 1 fully saturated rings. The van der Waals surface area contributed by atoms with E-state index in [-0.39, 0.29) is 5.57 Å². The maximum absolute atomic E-state index is 13.4. The molecule has 1 saturated heterocycles. The standard InChI is InChI=1S/C30H23BrN2O4/c1-2-19-10-13-24(14-11-19)33-29(35)26(28(34)32-30(33)36)17-22-16-23(31)12-15-27(22)37-18-21-8-5-7-20-6-3-4-9-25(20)21/h3-17H,2,18H2,1H3,(H,32,34,36)/b26-17-. The van der Waals surface area contributed by atoms with Gasteiger partial charge < -0.3 is 4.74 Å². The van der Waals surface area contributed by atoms with Crippen LogP contribution in [0.15, 0.2) is 95.0 Å². The van der Waals surface area contributed by atoms with Crippen LogP contribution in [0.3, 0.4) is 0 Å². The lowest BCUT2D eigenvalue weighted by molar-refractivity contribution is -0.122. The van der Waals surface area contributed by atoms with Crippen LogP contribution in [0.5, 0.6) is 5.75 Å². The van der Waals surface area contributed by atoms with Crippen molar-refractivity contribution in [1.82, 2.24) is 5.32 Å². The van der Waals surface area contributed by atoms with Crippen LogP contribution in [0.2, 0.25) is 0 Å². The summed E-state index contributed by atoms with van der Waals surface area (Å²) in [5, 5.41) is 4.48. The van der Waals surface area contributed by atoms with Gasteiger partial charge >= 0.3 is 6.03 Å². The second-order valence-electron chi connectivity index (χ2n) is 8.59. The second-order valence-corrected chi connectivity index (χ2v) is 9.50. The summed E-state index contributed by atoms with van der Waals surface area (Å²) in [7, 11) is 0. The molecule has 0 aromatic heterocycles. The highest BCUT2D eigenvalue weighted by Gasteiger charge is 2.37. The van der Waals surface area contributed by atoms with Gasteiger partial charge in [-0.2, -0.15) is 0 Å². The van der Waals surface area contributed by atoms with Gasteiger partial charge in [0.1, 0.15) is 17.9 Å². The van der Waals surface area contributed by atoms with Crippen molar-refractivity contribution in [3.63, 3.8) is 0 Å². The van der Waals surface area contributed by atoms with Crippen molar-refractivity contribution in [2.24, 2.45) is 0 Å². The fraction of sp³-hybridized carbons (Fsp3) is 0.100. The van der Waals surface area contributed by atoms with E-state index in [0.29, 0.717) is 23.6 Å². The fourth-order valence-corrected chi connectivity index (χ4v) is 4.64. The molecule has 4 amide bonds. The second kappa shape index (κ2) is 10.4. The van der Waals surface area contributed by atoms with Crippen LogP contribution < -0.4 is 15.0 Å². The lowest BCUT2D eigenvalue weighted by atomic mass is 10.0. The molecular weight excluding hydrogens is 532 g/mol. The first-order valence-corrected chi connectivity index (χ1v) is 12.6. The number of ether oxygens (including phenoxy) is 1. The number of halogens is 1. The van der Waals surface area contributed by atoms with Gasteiger partial charge in [0.2, 0.25) is 0 Å². The first kappa shape index (κ1) is 24.5. The number of urea groups is 1. The summed E-state index contributed by atoms with van der Waals surface area (Å²) in [4.78, 5) is 39.6. The Labute approximate surface area is 222 Å². The molecule has 37 heavy (non-hydrogen) atoms. The summed E-state index contributed by atoms with van der Waals surface area (Å²) >= 11 is 3.46. The summed E-state index contributed by atoms with van der Waals surface area (Å²) in [5.74, 6) is -0.950. The van der Waals surface area contributed by atoms with Crippen LogP contribution in [-0.4, -0.2) is 17.8 Å². The van der Waals surface area contributed by atoms with Crippen LogP contribution >= 0.6 is 15.9 Å². The number of rotatable bonds is 6. The average Bonchev–Trinajstić information content (AvgIpc) is 2.91. The van der Waals surface area contributed by atoms with E-state index in [4.69, 9.17) is 4.74 Å². The predicted molar refractivity (Wildman–Crippen MR) is 147 cm³/mol. The smallest absolute Gasteiger partial charge is 0.335 e. The highest BCUT2D eigenvalue weighted by Crippen LogP contribution is 2.29. The van der Waals surface area contributed by atoms with Crippen LogP contribution in [0, 0.1) is 0 Å². The zero-order valence-corrected chi connectivity index (χ0v) is 21.6. The van der Waals surface area contributed by atoms with E-state index in [2.05, 4.69) is 21.2 Å². The average molecular weight is 555 g/mol. The largest absolute Gasteiger partial charge is 0.488 e. The lowest BCUT2D eigenvalue weighted by Crippen LogP contribution is -2.54. The van der Waals surface area contributed by atoms with E-state index in [1.165, 1.54) is 6.08 Å². The number of benzene rings is 4. The summed E-state index contributed by atoms with van der Waals surface area (Å²) < 4.78 is 6.92. The van der Waals surface area contributed by atoms with Crippen molar-refractivity contribution in [2.75, 3.05) is 4.90 Å². The number of nitrogens with one attached hydrogen (secondary N) is 1. The van der Waals surface area contributed by atoms with E-state index >= 15 is 0 Å². The molecule has 0 unspecified atom stereocenters. The van der Waals surface area contributed by atoms with Crippen molar-refractivity contribution in [2.45, 2.75) is 20.0 Å². The Morgan fingerprint density at radius 1 is 0.919 bits per heavy atom. The summed E-state index contributed by atoms with van der Waals surface area (Å²) in [5.41, 5.74) is 2.84. The van der Waals surface area contributed by atoms with E-state index < -0.39 is 17.8 Å². The molecule has 0 bridgehead atoms. The molecule has 6 nitrogen and oxygen atoms in total. The minimum absolute atomic E-state index is 0.160. The Morgan fingerprint density at radius 3 is 2.46 bits per heavy atom. The number of fused-ring (bicyclic) bond motifs is 1. The van der Waals surface area contributed by atoms with Crippen molar-refractivity contribution in [3.05, 3.63) is 112 Å². The Bertz CT molecular complexity index is 1550. The Hall–Kier alpha value is -4.23. The van der Waals surface area contributed by atoms with E-state index in [9.17, 15) is 14.4 Å². The third-order valence-corrected chi connectivity index (χ3v) is 6.73. The van der Waals surface area contributed by atoms with Gasteiger partial charge in [-0.05, 0) is 64.7 Å². The SMILES string of the molecule is CCc1ccc(N2C(=O)NC(=O)/C(=C/c3cc(Br)ccc3OCc3cccc4ccccc34)C2=O)cc1. The third kappa shape index (κ3) is 5.04. The molecule has 0 aliphatic carbocycles. The molecular formula is C30H23BrN2O4. The van der Waals surface area contributed by atoms with Gasteiger partial charge in [-0.3, -0.25) is 14.9 Å². The van der Waals surface area contributed by atoms with E-state index in [1.54, 1.807) is 24.3 Å². The van der Waals surface area contributed by atoms with Gasteiger partial charge in [-0.15, -0.1) is 0 Å². The zero-order valence-electron chi connectivity index (χ0n) is 20.0. The molecule has 1 heterocycles. The number of carbonyl (C=O) groups is 3. The number of anilines is 1. The van der Waals surface area contributed by atoms with Crippen LogP contribution in [0.4, 0.5) is 10.5 Å². The Kier molecular flexibility index (Phi) is 6.88. The Balaban J connectivity index is 1.47. The lowest BCUT2D eigenvalue weighted by Gasteiger charge is -2.26. The molecule has 0 spiro atoms. The summed E-state index contributed by atoms with van der Waals surface area (Å²) in [6.07, 6.45) is 2.29. The predicted octanol–water partition coefficient (Wildman–Crippen LogP) is 6.41. The zero-order chi connectivity index (χ0) is 25.9. The van der Waals surface area contributed by atoms with Crippen molar-refractivity contribution < 1.29 is 19.1 Å². The number of carbonyl (C=O) groups excluding carboxylic acids is 3. The highest BCUT2D eigenvalue weighted by molar-refractivity contribution is 9.10. The number of amides is 4. The fourth-order valence-electron chi connectivity index (χ4n) is 4.27. The van der Waals surface area contributed by atoms with Gasteiger partial charge in [0.25, 0.3) is 11.8 Å². The molecule has 1 N–H and O–H groups in total. The maximum Gasteiger partial charge on any atom is 0.335 e. The molecule has 7 heteroatoms. The first-order chi connectivity index (χ1) is 17.9. The number of imide groups is 2. The molecule has 5 rings (SSSR count). The number of nitrogens with zero attached hydrogens (tertiary/aromatic N) is 1. The van der Waals surface area contributed by atoms with Crippen LogP contribution in [-0.2, 0) is 22.6 Å². The van der Waals surface area contributed by atoms with E-state index in [1.807, 2.05) is 67.6 Å². The van der Waals surface area contributed by atoms with Gasteiger partial charge in [-0.1, -0.05) is 77.5 Å². The molecule has 4 aromatic rings. The van der Waals surface area contributed by atoms with Gasteiger partial charge in [-0.25, -0.2) is 9.69 Å². The van der Waals surface area contributed by atoms with Gasteiger partial charge in [0, 0.05) is 10.0 Å². The van der Waals surface area contributed by atoms with Crippen molar-refractivity contribution in [3.8, 4) is 5.75 Å². The third-order valence-electron chi connectivity index (χ3n) is 6.24. The summed E-state index contributed by atoms with van der Waals surface area (Å²) in [6.45, 7) is 2.32. The molecule has 184 valence electrons. The van der Waals surface area contributed by atoms with Gasteiger partial charge in [0.05, 0.1) is 5.69 Å². The molecule has 0 saturated carbocycles. The number of barbiturate groups is 1. The molecule has 4 aromatic carbocycles. The quantitative estimate of drug-likeness (QED) is 0.220. The maximum atomic E-state index is 13.4. The number of hydrogen-bond acceptors (Lipinski definition) is 4. The molecule has 0 atom stereocenters. The van der Waals surface area contributed by atoms with Crippen molar-refractivity contribution in [1.29, 1.82) is 0 Å². The minimum atomic E-state index is -0.780. The molecule has 0 radical (unpaired) electrons. The van der Waals surface area contributed by atoms with Crippen LogP contribution in [0.1, 0.15) is 23.6 Å². The normalized spacial score (nSPS) is 14.8. The van der Waals surface area contributed by atoms with Crippen LogP contribution in [0.25, 0.3) is 16.8 Å². The van der Waals surface area contributed by atoms with Crippen molar-refractivity contribution >= 4 is 56.3 Å². The van der Waals surface area contributed by atoms with E-state index in [0.717, 1.165) is 37.7 Å². The minimum Gasteiger partial charge on any atom is -0.488 e. The number of aryl methyl sites for hydroxylation is 1. The molecule has 1 aliphatic heterocycles. The topological polar surface area (TPSA) is 75.7 Å². The Morgan fingerprint density at radius 2 is 1.68 bits per heavy atom. The first-order valence-electron chi connectivity index (χ1n) is 11.8. The highest BCUT2D eigenvalue weighted by atomic mass is 79.9. The van der Waals surface area contributed by atoms with Gasteiger partial charge in [0.15, 0.2) is 0 Å². The number of hydrogen-bond donors (Lipinski definition) is 1. The summed E-state index contributed by atoms with van der Waals surface area (Å²) in [6, 6.07) is 25.8.